The molecule has 3 N–H and O–H groups in total. The van der Waals surface area contributed by atoms with Crippen molar-refractivity contribution in [2.45, 2.75) is 24.7 Å². The highest BCUT2D eigenvalue weighted by atomic mass is 32.2. The third kappa shape index (κ3) is 7.41. The fraction of sp³-hybridized carbons (Fsp3) is 0.529. The van der Waals surface area contributed by atoms with Crippen molar-refractivity contribution in [1.29, 1.82) is 0 Å². The molecule has 0 heterocycles. The molecule has 0 aliphatic heterocycles. The number of hydrogen-bond acceptors (Lipinski definition) is 3. The molecule has 0 atom stereocenters. The summed E-state index contributed by atoms with van der Waals surface area (Å²) in [5.74, 6) is 2.23. The van der Waals surface area contributed by atoms with E-state index in [2.05, 4.69) is 45.2 Å². The van der Waals surface area contributed by atoms with Crippen LogP contribution in [-0.4, -0.2) is 43.8 Å². The number of aliphatic imine (C=N–C) groups is 1. The van der Waals surface area contributed by atoms with Crippen LogP contribution in [0, 0.1) is 5.92 Å². The molecule has 2 rings (SSSR count). The Balaban J connectivity index is 1.61. The zero-order valence-electron chi connectivity index (χ0n) is 13.7. The molecule has 1 aromatic carbocycles. The van der Waals surface area contributed by atoms with Gasteiger partial charge in [0.05, 0.1) is 6.54 Å². The summed E-state index contributed by atoms with van der Waals surface area (Å²) in [7, 11) is 0. The van der Waals surface area contributed by atoms with Crippen LogP contribution in [0.3, 0.4) is 0 Å². The Kier molecular flexibility index (Phi) is 7.80. The van der Waals surface area contributed by atoms with Crippen molar-refractivity contribution < 1.29 is 4.79 Å². The molecule has 1 aromatic rings. The summed E-state index contributed by atoms with van der Waals surface area (Å²) in [5.41, 5.74) is 0. The van der Waals surface area contributed by atoms with Crippen LogP contribution < -0.4 is 16.0 Å². The minimum Gasteiger partial charge on any atom is -0.357 e. The fourth-order valence-corrected chi connectivity index (χ4v) is 2.82. The number of hydrogen-bond donors (Lipinski definition) is 3. The van der Waals surface area contributed by atoms with E-state index in [4.69, 9.17) is 0 Å². The molecular weight excluding hydrogens is 308 g/mol. The number of guanidine groups is 1. The van der Waals surface area contributed by atoms with E-state index in [0.29, 0.717) is 13.1 Å². The zero-order chi connectivity index (χ0) is 16.3. The molecule has 0 radical (unpaired) electrons. The van der Waals surface area contributed by atoms with E-state index in [0.717, 1.165) is 37.6 Å². The molecule has 126 valence electrons. The van der Waals surface area contributed by atoms with Crippen LogP contribution in [0.15, 0.2) is 40.2 Å². The van der Waals surface area contributed by atoms with E-state index in [-0.39, 0.29) is 11.8 Å². The Morgan fingerprint density at radius 2 is 1.96 bits per heavy atom. The number of nitrogens with one attached hydrogen (secondary N) is 3. The number of carbonyl (C=O) groups is 1. The van der Waals surface area contributed by atoms with Crippen LogP contribution in [-0.2, 0) is 4.79 Å². The Morgan fingerprint density at radius 1 is 1.17 bits per heavy atom. The molecule has 1 aliphatic rings. The Morgan fingerprint density at radius 3 is 2.65 bits per heavy atom. The predicted octanol–water partition coefficient (Wildman–Crippen LogP) is 1.86. The number of amides is 1. The molecule has 0 unspecified atom stereocenters. The summed E-state index contributed by atoms with van der Waals surface area (Å²) in [6.07, 6.45) is 2.08. The Hall–Kier alpha value is -1.69. The third-order valence-electron chi connectivity index (χ3n) is 3.38. The smallest absolute Gasteiger partial charge is 0.223 e. The number of nitrogens with zero attached hydrogens (tertiary/aromatic N) is 1. The molecule has 1 saturated carbocycles. The lowest BCUT2D eigenvalue weighted by Crippen LogP contribution is -2.39. The van der Waals surface area contributed by atoms with Crippen LogP contribution in [0.25, 0.3) is 0 Å². The van der Waals surface area contributed by atoms with Crippen LogP contribution in [0.5, 0.6) is 0 Å². The van der Waals surface area contributed by atoms with Gasteiger partial charge in [-0.2, -0.15) is 0 Å². The first-order valence-corrected chi connectivity index (χ1v) is 9.26. The van der Waals surface area contributed by atoms with Crippen LogP contribution >= 0.6 is 11.8 Å². The average Bonchev–Trinajstić information content (AvgIpc) is 3.41. The van der Waals surface area contributed by atoms with Gasteiger partial charge in [0, 0.05) is 36.2 Å². The van der Waals surface area contributed by atoms with Crippen molar-refractivity contribution in [2.24, 2.45) is 10.9 Å². The van der Waals surface area contributed by atoms with Gasteiger partial charge in [0.15, 0.2) is 5.96 Å². The Bertz CT molecular complexity index is 503. The molecule has 5 nitrogen and oxygen atoms in total. The minimum atomic E-state index is 0.178. The van der Waals surface area contributed by atoms with E-state index in [1.165, 1.54) is 4.90 Å². The molecule has 1 aliphatic carbocycles. The SMILES string of the molecule is CCNC(=NCCNC(=O)C1CC1)NCCSc1ccccc1. The second kappa shape index (κ2) is 10.2. The van der Waals surface area contributed by atoms with E-state index in [9.17, 15) is 4.79 Å². The maximum atomic E-state index is 11.5. The van der Waals surface area contributed by atoms with E-state index in [1.807, 2.05) is 24.8 Å². The van der Waals surface area contributed by atoms with Gasteiger partial charge < -0.3 is 16.0 Å². The molecule has 6 heteroatoms. The maximum Gasteiger partial charge on any atom is 0.223 e. The predicted molar refractivity (Wildman–Crippen MR) is 96.9 cm³/mol. The van der Waals surface area contributed by atoms with Gasteiger partial charge in [-0.25, -0.2) is 0 Å². The minimum absolute atomic E-state index is 0.178. The molecule has 0 bridgehead atoms. The molecule has 1 fully saturated rings. The average molecular weight is 334 g/mol. The van der Waals surface area contributed by atoms with Gasteiger partial charge in [-0.1, -0.05) is 18.2 Å². The van der Waals surface area contributed by atoms with Gasteiger partial charge in [0.2, 0.25) is 5.91 Å². The van der Waals surface area contributed by atoms with E-state index < -0.39 is 0 Å². The summed E-state index contributed by atoms with van der Waals surface area (Å²) in [6.45, 7) is 4.92. The standard InChI is InChI=1S/C17H26N4OS/c1-2-18-17(20-11-10-19-16(22)14-8-9-14)21-12-13-23-15-6-4-3-5-7-15/h3-7,14H,2,8-13H2,1H3,(H,19,22)(H2,18,20,21). The number of rotatable bonds is 9. The fourth-order valence-electron chi connectivity index (χ4n) is 2.03. The maximum absolute atomic E-state index is 11.5. The summed E-state index contributed by atoms with van der Waals surface area (Å²) in [6, 6.07) is 10.4. The first-order valence-electron chi connectivity index (χ1n) is 8.27. The number of thioether (sulfide) groups is 1. The quantitative estimate of drug-likeness (QED) is 0.279. The van der Waals surface area contributed by atoms with Crippen molar-refractivity contribution in [3.8, 4) is 0 Å². The van der Waals surface area contributed by atoms with Crippen molar-refractivity contribution in [3.63, 3.8) is 0 Å². The highest BCUT2D eigenvalue weighted by molar-refractivity contribution is 7.99. The molecule has 1 amide bonds. The van der Waals surface area contributed by atoms with Gasteiger partial charge >= 0.3 is 0 Å². The number of carbonyl (C=O) groups excluding carboxylic acids is 1. The van der Waals surface area contributed by atoms with Gasteiger partial charge in [-0.3, -0.25) is 9.79 Å². The van der Waals surface area contributed by atoms with E-state index >= 15 is 0 Å². The second-order valence-corrected chi connectivity index (χ2v) is 6.58. The summed E-state index contributed by atoms with van der Waals surface area (Å²) in [5, 5.41) is 9.47. The van der Waals surface area contributed by atoms with Crippen molar-refractivity contribution in [3.05, 3.63) is 30.3 Å². The van der Waals surface area contributed by atoms with Crippen molar-refractivity contribution in [1.82, 2.24) is 16.0 Å². The molecule has 23 heavy (non-hydrogen) atoms. The summed E-state index contributed by atoms with van der Waals surface area (Å²) >= 11 is 1.82. The van der Waals surface area contributed by atoms with Crippen molar-refractivity contribution >= 4 is 23.6 Å². The summed E-state index contributed by atoms with van der Waals surface area (Å²) < 4.78 is 0. The van der Waals surface area contributed by atoms with Crippen LogP contribution in [0.2, 0.25) is 0 Å². The van der Waals surface area contributed by atoms with Gasteiger partial charge in [0.1, 0.15) is 0 Å². The van der Waals surface area contributed by atoms with Gasteiger partial charge in [-0.15, -0.1) is 11.8 Å². The van der Waals surface area contributed by atoms with Crippen molar-refractivity contribution in [2.75, 3.05) is 31.9 Å². The highest BCUT2D eigenvalue weighted by Crippen LogP contribution is 2.28. The highest BCUT2D eigenvalue weighted by Gasteiger charge is 2.28. The summed E-state index contributed by atoms with van der Waals surface area (Å²) in [4.78, 5) is 17.3. The van der Waals surface area contributed by atoms with Crippen LogP contribution in [0.1, 0.15) is 19.8 Å². The molecule has 0 aromatic heterocycles. The lowest BCUT2D eigenvalue weighted by molar-refractivity contribution is -0.122. The first-order chi connectivity index (χ1) is 11.3. The van der Waals surface area contributed by atoms with Gasteiger partial charge in [-0.05, 0) is 31.9 Å². The van der Waals surface area contributed by atoms with Crippen LogP contribution in [0.4, 0.5) is 0 Å². The topological polar surface area (TPSA) is 65.5 Å². The monoisotopic (exact) mass is 334 g/mol. The lowest BCUT2D eigenvalue weighted by Gasteiger charge is -2.11. The van der Waals surface area contributed by atoms with E-state index in [1.54, 1.807) is 0 Å². The normalized spacial score (nSPS) is 14.4. The lowest BCUT2D eigenvalue weighted by atomic mass is 10.4. The molecule has 0 spiro atoms. The van der Waals surface area contributed by atoms with Gasteiger partial charge in [0.25, 0.3) is 0 Å². The third-order valence-corrected chi connectivity index (χ3v) is 4.39. The Labute approximate surface area is 142 Å². The first kappa shape index (κ1) is 17.7. The number of benzene rings is 1. The molecular formula is C17H26N4OS. The zero-order valence-corrected chi connectivity index (χ0v) is 14.5. The molecule has 0 saturated heterocycles. The second-order valence-electron chi connectivity index (χ2n) is 5.41. The largest absolute Gasteiger partial charge is 0.357 e.